The first kappa shape index (κ1) is 31.2. The third kappa shape index (κ3) is 8.10. The number of nitro benzene ring substituents is 1. The quantitative estimate of drug-likeness (QED) is 0.0485. The SMILES string of the molecule is CC(C)(C)[Si](OCCCC[C@@H](Br)[C@@H](Br)COC(=O)c1ccc([N+](=O)[O-])cc1)(c1ccccc1)c1ccccc1. The first-order valence-corrected chi connectivity index (χ1v) is 16.7. The van der Waals surface area contributed by atoms with Crippen LogP contribution in [0.25, 0.3) is 0 Å². The Hall–Kier alpha value is -2.33. The Labute approximate surface area is 248 Å². The third-order valence-corrected chi connectivity index (χ3v) is 14.4. The Morgan fingerprint density at radius 3 is 1.90 bits per heavy atom. The van der Waals surface area contributed by atoms with Crippen LogP contribution in [0.3, 0.4) is 0 Å². The van der Waals surface area contributed by atoms with E-state index in [-0.39, 0.29) is 32.6 Å². The Kier molecular flexibility index (Phi) is 11.5. The van der Waals surface area contributed by atoms with Gasteiger partial charge in [0.05, 0.1) is 15.3 Å². The number of carbonyl (C=O) groups excluding carboxylic acids is 1. The van der Waals surface area contributed by atoms with E-state index in [0.717, 1.165) is 19.3 Å². The number of non-ortho nitro benzene ring substituents is 1. The number of benzene rings is 3. The highest BCUT2D eigenvalue weighted by atomic mass is 79.9. The number of ether oxygens (including phenoxy) is 1. The van der Waals surface area contributed by atoms with Crippen LogP contribution in [0.1, 0.15) is 50.4 Å². The molecule has 0 aliphatic rings. The Morgan fingerprint density at radius 2 is 1.41 bits per heavy atom. The van der Waals surface area contributed by atoms with E-state index in [0.29, 0.717) is 6.61 Å². The molecule has 0 amide bonds. The number of esters is 1. The fourth-order valence-corrected chi connectivity index (χ4v) is 10.2. The average Bonchev–Trinajstić information content (AvgIpc) is 2.93. The third-order valence-electron chi connectivity index (χ3n) is 6.69. The monoisotopic (exact) mass is 675 g/mol. The van der Waals surface area contributed by atoms with Crippen LogP contribution < -0.4 is 10.4 Å². The van der Waals surface area contributed by atoms with Crippen LogP contribution in [-0.2, 0) is 9.16 Å². The lowest BCUT2D eigenvalue weighted by atomic mass is 10.1. The van der Waals surface area contributed by atoms with Crippen molar-refractivity contribution in [1.82, 2.24) is 0 Å². The van der Waals surface area contributed by atoms with E-state index in [1.54, 1.807) is 0 Å². The van der Waals surface area contributed by atoms with Crippen molar-refractivity contribution in [3.05, 3.63) is 101 Å². The zero-order valence-corrected chi connectivity index (χ0v) is 26.7. The highest BCUT2D eigenvalue weighted by Gasteiger charge is 2.49. The lowest BCUT2D eigenvalue weighted by Gasteiger charge is -2.43. The van der Waals surface area contributed by atoms with Crippen LogP contribution >= 0.6 is 31.9 Å². The Morgan fingerprint density at radius 1 is 0.872 bits per heavy atom. The van der Waals surface area contributed by atoms with Gasteiger partial charge in [0.2, 0.25) is 0 Å². The number of rotatable bonds is 13. The summed E-state index contributed by atoms with van der Waals surface area (Å²) in [5.74, 6) is -0.507. The summed E-state index contributed by atoms with van der Waals surface area (Å²) in [6, 6.07) is 26.7. The molecule has 0 unspecified atom stereocenters. The normalized spacial score (nSPS) is 13.5. The highest BCUT2D eigenvalue weighted by Crippen LogP contribution is 2.37. The van der Waals surface area contributed by atoms with Gasteiger partial charge in [-0.25, -0.2) is 4.79 Å². The van der Waals surface area contributed by atoms with E-state index in [1.165, 1.54) is 34.6 Å². The van der Waals surface area contributed by atoms with Crippen molar-refractivity contribution in [2.24, 2.45) is 0 Å². The zero-order chi connectivity index (χ0) is 28.5. The summed E-state index contributed by atoms with van der Waals surface area (Å²) >= 11 is 7.35. The Balaban J connectivity index is 1.53. The molecule has 9 heteroatoms. The van der Waals surface area contributed by atoms with E-state index >= 15 is 0 Å². The second-order valence-corrected chi connectivity index (χ2v) is 17.1. The summed E-state index contributed by atoms with van der Waals surface area (Å²) < 4.78 is 12.4. The molecule has 0 N–H and O–H groups in total. The van der Waals surface area contributed by atoms with Gasteiger partial charge in [0, 0.05) is 23.6 Å². The summed E-state index contributed by atoms with van der Waals surface area (Å²) in [5, 5.41) is 13.3. The maximum absolute atomic E-state index is 12.3. The summed E-state index contributed by atoms with van der Waals surface area (Å²) in [7, 11) is -2.53. The van der Waals surface area contributed by atoms with Crippen LogP contribution in [0.2, 0.25) is 5.04 Å². The second-order valence-electron chi connectivity index (χ2n) is 10.4. The maximum atomic E-state index is 12.3. The number of hydrogen-bond donors (Lipinski definition) is 0. The summed E-state index contributed by atoms with van der Waals surface area (Å²) in [6.45, 7) is 7.68. The first-order valence-electron chi connectivity index (χ1n) is 13.0. The Bertz CT molecular complexity index is 1160. The van der Waals surface area contributed by atoms with Gasteiger partial charge >= 0.3 is 5.97 Å². The first-order chi connectivity index (χ1) is 18.6. The van der Waals surface area contributed by atoms with E-state index in [9.17, 15) is 14.9 Å². The topological polar surface area (TPSA) is 78.7 Å². The molecule has 0 aromatic heterocycles. The second kappa shape index (κ2) is 14.3. The zero-order valence-electron chi connectivity index (χ0n) is 22.5. The molecule has 0 aliphatic heterocycles. The van der Waals surface area contributed by atoms with Crippen LogP contribution in [0.5, 0.6) is 0 Å². The van der Waals surface area contributed by atoms with Gasteiger partial charge in [-0.05, 0) is 40.4 Å². The molecule has 0 saturated carbocycles. The highest BCUT2D eigenvalue weighted by molar-refractivity contribution is 9.12. The fraction of sp³-hybridized carbons (Fsp3) is 0.367. The van der Waals surface area contributed by atoms with Crippen molar-refractivity contribution in [2.45, 2.75) is 54.7 Å². The molecule has 208 valence electrons. The average molecular weight is 678 g/mol. The molecule has 3 aromatic carbocycles. The minimum Gasteiger partial charge on any atom is -0.461 e. The van der Waals surface area contributed by atoms with Gasteiger partial charge in [-0.3, -0.25) is 10.1 Å². The van der Waals surface area contributed by atoms with Crippen molar-refractivity contribution in [1.29, 1.82) is 0 Å². The fourth-order valence-electron chi connectivity index (χ4n) is 4.67. The van der Waals surface area contributed by atoms with E-state index in [2.05, 4.69) is 101 Å². The number of unbranched alkanes of at least 4 members (excludes halogenated alkanes) is 1. The van der Waals surface area contributed by atoms with Gasteiger partial charge < -0.3 is 9.16 Å². The van der Waals surface area contributed by atoms with Crippen molar-refractivity contribution in [3.63, 3.8) is 0 Å². The molecule has 0 saturated heterocycles. The van der Waals surface area contributed by atoms with Crippen LogP contribution in [-0.4, -0.2) is 42.1 Å². The smallest absolute Gasteiger partial charge is 0.338 e. The molecule has 0 fully saturated rings. The van der Waals surface area contributed by atoms with Gasteiger partial charge in [0.25, 0.3) is 14.0 Å². The molecule has 0 aliphatic carbocycles. The largest absolute Gasteiger partial charge is 0.461 e. The molecule has 3 rings (SSSR count). The molecule has 6 nitrogen and oxygen atoms in total. The number of hydrogen-bond acceptors (Lipinski definition) is 5. The standard InChI is InChI=1S/C30H35Br2NO5Si/c1-30(2,3)39(25-12-6-4-7-13-25,26-14-8-5-9-15-26)38-21-11-10-16-27(31)28(32)22-37-29(34)23-17-19-24(20-18-23)33(35)36/h4-9,12-15,17-20,27-28H,10-11,16,21-22H2,1-3H3/t27-,28+/m1/s1. The molecule has 2 atom stereocenters. The predicted octanol–water partition coefficient (Wildman–Crippen LogP) is 7.03. The number of nitro groups is 1. The molecule has 0 bridgehead atoms. The van der Waals surface area contributed by atoms with Crippen molar-refractivity contribution in [3.8, 4) is 0 Å². The summed E-state index contributed by atoms with van der Waals surface area (Å²) in [6.07, 6.45) is 2.75. The molecule has 3 aromatic rings. The number of carbonyl (C=O) groups is 1. The molecular weight excluding hydrogens is 642 g/mol. The molecule has 0 heterocycles. The maximum Gasteiger partial charge on any atom is 0.338 e. The minimum atomic E-state index is -2.53. The molecule has 39 heavy (non-hydrogen) atoms. The molecular formula is C30H35Br2NO5Si. The van der Waals surface area contributed by atoms with E-state index in [4.69, 9.17) is 9.16 Å². The van der Waals surface area contributed by atoms with E-state index < -0.39 is 19.2 Å². The van der Waals surface area contributed by atoms with Crippen molar-refractivity contribution >= 4 is 62.2 Å². The van der Waals surface area contributed by atoms with Crippen LogP contribution in [0, 0.1) is 10.1 Å². The van der Waals surface area contributed by atoms with Gasteiger partial charge in [0.15, 0.2) is 0 Å². The number of halogens is 2. The number of nitrogens with zero attached hydrogens (tertiary/aromatic N) is 1. The summed E-state index contributed by atoms with van der Waals surface area (Å²) in [4.78, 5) is 22.6. The molecule has 0 spiro atoms. The predicted molar refractivity (Wildman–Crippen MR) is 166 cm³/mol. The number of alkyl halides is 2. The van der Waals surface area contributed by atoms with Gasteiger partial charge in [-0.1, -0.05) is 120 Å². The van der Waals surface area contributed by atoms with E-state index in [1.807, 2.05) is 12.1 Å². The molecule has 0 radical (unpaired) electrons. The van der Waals surface area contributed by atoms with Crippen LogP contribution in [0.15, 0.2) is 84.9 Å². The van der Waals surface area contributed by atoms with Crippen LogP contribution in [0.4, 0.5) is 5.69 Å². The van der Waals surface area contributed by atoms with Crippen molar-refractivity contribution < 1.29 is 18.9 Å². The van der Waals surface area contributed by atoms with Gasteiger partial charge in [-0.2, -0.15) is 0 Å². The van der Waals surface area contributed by atoms with Gasteiger partial charge in [-0.15, -0.1) is 0 Å². The minimum absolute atomic E-state index is 0.0534. The van der Waals surface area contributed by atoms with Gasteiger partial charge in [0.1, 0.15) is 6.61 Å². The summed E-state index contributed by atoms with van der Waals surface area (Å²) in [5.41, 5.74) is 0.219. The lowest BCUT2D eigenvalue weighted by Crippen LogP contribution is -2.66. The van der Waals surface area contributed by atoms with Crippen molar-refractivity contribution in [2.75, 3.05) is 13.2 Å². The lowest BCUT2D eigenvalue weighted by molar-refractivity contribution is -0.384.